The second-order valence-corrected chi connectivity index (χ2v) is 9.68. The number of carbonyl (C=O) groups excluding carboxylic acids is 1. The van der Waals surface area contributed by atoms with Crippen LogP contribution in [0.15, 0.2) is 51.2 Å². The molecular formula is C18H23N3OS3. The van der Waals surface area contributed by atoms with E-state index in [1.54, 1.807) is 11.8 Å². The Morgan fingerprint density at radius 3 is 2.60 bits per heavy atom. The predicted molar refractivity (Wildman–Crippen MR) is 109 cm³/mol. The van der Waals surface area contributed by atoms with Gasteiger partial charge in [-0.1, -0.05) is 84.3 Å². The van der Waals surface area contributed by atoms with Gasteiger partial charge in [-0.15, -0.1) is 10.2 Å². The van der Waals surface area contributed by atoms with Crippen molar-refractivity contribution in [3.8, 4) is 0 Å². The van der Waals surface area contributed by atoms with Crippen molar-refractivity contribution >= 4 is 40.8 Å². The number of nitrogens with zero attached hydrogens (tertiary/aromatic N) is 2. The summed E-state index contributed by atoms with van der Waals surface area (Å²) in [6, 6.07) is 10.2. The van der Waals surface area contributed by atoms with Crippen LogP contribution in [0.4, 0.5) is 0 Å². The Hall–Kier alpha value is -1.31. The minimum absolute atomic E-state index is 0.0270. The summed E-state index contributed by atoms with van der Waals surface area (Å²) in [5, 5.41) is 11.1. The second-order valence-electron chi connectivity index (χ2n) is 5.90. The summed E-state index contributed by atoms with van der Waals surface area (Å²) in [7, 11) is 0. The molecule has 1 N–H and O–H groups in total. The summed E-state index contributed by atoms with van der Waals surface area (Å²) < 4.78 is 1.73. The van der Waals surface area contributed by atoms with Gasteiger partial charge < -0.3 is 5.32 Å². The van der Waals surface area contributed by atoms with Crippen molar-refractivity contribution in [1.29, 1.82) is 0 Å². The van der Waals surface area contributed by atoms with Gasteiger partial charge in [0, 0.05) is 12.3 Å². The first-order chi connectivity index (χ1) is 12.0. The summed E-state index contributed by atoms with van der Waals surface area (Å²) in [5.74, 6) is 1.15. The molecule has 7 heteroatoms. The Balaban J connectivity index is 1.79. The van der Waals surface area contributed by atoms with Crippen LogP contribution in [0.25, 0.3) is 0 Å². The van der Waals surface area contributed by atoms with E-state index in [1.165, 1.54) is 28.7 Å². The first-order valence-electron chi connectivity index (χ1n) is 8.05. The van der Waals surface area contributed by atoms with Crippen molar-refractivity contribution in [2.24, 2.45) is 0 Å². The van der Waals surface area contributed by atoms with E-state index < -0.39 is 0 Å². The standard InChI is InChI=1S/C18H23N3OS3/c1-12(2)11-23-17-20-21-18(25-17)24-14(4)16(22)19-10-13(3)15-8-6-5-7-9-15/h5-9,13-14H,1,10-11H2,2-4H3,(H,19,22)/t13-,14+/m0/s1. The number of hydrogen-bond donors (Lipinski definition) is 1. The summed E-state index contributed by atoms with van der Waals surface area (Å²) in [6.07, 6.45) is 0. The number of carbonyl (C=O) groups is 1. The Morgan fingerprint density at radius 2 is 1.92 bits per heavy atom. The van der Waals surface area contributed by atoms with Gasteiger partial charge in [-0.25, -0.2) is 0 Å². The van der Waals surface area contributed by atoms with Gasteiger partial charge in [-0.05, 0) is 25.3 Å². The van der Waals surface area contributed by atoms with Crippen molar-refractivity contribution in [3.63, 3.8) is 0 Å². The molecule has 2 atom stereocenters. The van der Waals surface area contributed by atoms with E-state index in [-0.39, 0.29) is 17.1 Å². The zero-order valence-electron chi connectivity index (χ0n) is 14.7. The molecule has 0 saturated heterocycles. The van der Waals surface area contributed by atoms with E-state index >= 15 is 0 Å². The van der Waals surface area contributed by atoms with Crippen molar-refractivity contribution in [2.75, 3.05) is 12.3 Å². The largest absolute Gasteiger partial charge is 0.355 e. The highest BCUT2D eigenvalue weighted by Gasteiger charge is 2.18. The van der Waals surface area contributed by atoms with Gasteiger partial charge in [0.05, 0.1) is 5.25 Å². The minimum Gasteiger partial charge on any atom is -0.355 e. The van der Waals surface area contributed by atoms with E-state index in [0.29, 0.717) is 6.54 Å². The lowest BCUT2D eigenvalue weighted by atomic mass is 10.0. The number of aromatic nitrogens is 2. The van der Waals surface area contributed by atoms with Gasteiger partial charge >= 0.3 is 0 Å². The summed E-state index contributed by atoms with van der Waals surface area (Å²) in [4.78, 5) is 12.3. The van der Waals surface area contributed by atoms with Crippen LogP contribution < -0.4 is 5.32 Å². The molecule has 0 saturated carbocycles. The normalized spacial score (nSPS) is 13.2. The van der Waals surface area contributed by atoms with Crippen molar-refractivity contribution in [3.05, 3.63) is 48.0 Å². The Labute approximate surface area is 161 Å². The molecule has 1 amide bonds. The Morgan fingerprint density at radius 1 is 1.24 bits per heavy atom. The molecule has 0 fully saturated rings. The van der Waals surface area contributed by atoms with Crippen LogP contribution in [-0.4, -0.2) is 33.7 Å². The van der Waals surface area contributed by atoms with E-state index in [1.807, 2.05) is 32.0 Å². The summed E-state index contributed by atoms with van der Waals surface area (Å²) in [6.45, 7) is 10.5. The number of nitrogens with one attached hydrogen (secondary N) is 1. The number of amides is 1. The highest BCUT2D eigenvalue weighted by Crippen LogP contribution is 2.31. The Bertz CT molecular complexity index is 703. The molecule has 1 aromatic carbocycles. The fourth-order valence-corrected chi connectivity index (χ4v) is 5.02. The first-order valence-corrected chi connectivity index (χ1v) is 10.7. The second kappa shape index (κ2) is 9.99. The molecule has 2 aromatic rings. The number of rotatable bonds is 9. The molecule has 4 nitrogen and oxygen atoms in total. The fraction of sp³-hybridized carbons (Fsp3) is 0.389. The number of hydrogen-bond acceptors (Lipinski definition) is 6. The average Bonchev–Trinajstić information content (AvgIpc) is 3.05. The SMILES string of the molecule is C=C(C)CSc1nnc(S[C@H](C)C(=O)NC[C@H](C)c2ccccc2)s1. The molecule has 2 rings (SSSR count). The van der Waals surface area contributed by atoms with E-state index in [2.05, 4.69) is 41.1 Å². The van der Waals surface area contributed by atoms with Gasteiger partial charge in [0.2, 0.25) is 5.91 Å². The van der Waals surface area contributed by atoms with Crippen LogP contribution in [0, 0.1) is 0 Å². The molecule has 25 heavy (non-hydrogen) atoms. The van der Waals surface area contributed by atoms with Crippen LogP contribution >= 0.6 is 34.9 Å². The maximum Gasteiger partial charge on any atom is 0.233 e. The molecular weight excluding hydrogens is 370 g/mol. The lowest BCUT2D eigenvalue weighted by Crippen LogP contribution is -2.33. The van der Waals surface area contributed by atoms with Crippen LogP contribution in [0.5, 0.6) is 0 Å². The van der Waals surface area contributed by atoms with Gasteiger partial charge in [-0.3, -0.25) is 4.79 Å². The quantitative estimate of drug-likeness (QED) is 0.498. The summed E-state index contributed by atoms with van der Waals surface area (Å²) in [5.41, 5.74) is 2.33. The van der Waals surface area contributed by atoms with Gasteiger partial charge in [0.15, 0.2) is 8.68 Å². The first kappa shape index (κ1) is 20.0. The molecule has 1 aromatic heterocycles. The highest BCUT2D eigenvalue weighted by atomic mass is 32.2. The molecule has 0 unspecified atom stereocenters. The third-order valence-electron chi connectivity index (χ3n) is 3.43. The zero-order valence-corrected chi connectivity index (χ0v) is 17.1. The third kappa shape index (κ3) is 6.84. The van der Waals surface area contributed by atoms with Crippen molar-refractivity contribution in [2.45, 2.75) is 40.6 Å². The molecule has 0 aliphatic heterocycles. The lowest BCUT2D eigenvalue weighted by molar-refractivity contribution is -0.120. The predicted octanol–water partition coefficient (Wildman–Crippen LogP) is 4.61. The van der Waals surface area contributed by atoms with Gasteiger partial charge in [-0.2, -0.15) is 0 Å². The van der Waals surface area contributed by atoms with Crippen LogP contribution in [0.3, 0.4) is 0 Å². The molecule has 0 radical (unpaired) electrons. The van der Waals surface area contributed by atoms with E-state index in [0.717, 1.165) is 20.0 Å². The minimum atomic E-state index is -0.199. The van der Waals surface area contributed by atoms with Gasteiger partial charge in [0.25, 0.3) is 0 Å². The number of thioether (sulfide) groups is 2. The highest BCUT2D eigenvalue weighted by molar-refractivity contribution is 8.04. The van der Waals surface area contributed by atoms with Crippen LogP contribution in [0.1, 0.15) is 32.3 Å². The maximum atomic E-state index is 12.3. The average molecular weight is 394 g/mol. The summed E-state index contributed by atoms with van der Waals surface area (Å²) >= 11 is 4.60. The molecule has 0 bridgehead atoms. The number of benzene rings is 1. The third-order valence-corrected chi connectivity index (χ3v) is 6.90. The molecule has 1 heterocycles. The monoisotopic (exact) mass is 393 g/mol. The molecule has 0 aliphatic carbocycles. The van der Waals surface area contributed by atoms with E-state index in [9.17, 15) is 4.79 Å². The Kier molecular flexibility index (Phi) is 7.99. The zero-order chi connectivity index (χ0) is 18.2. The maximum absolute atomic E-state index is 12.3. The fourth-order valence-electron chi connectivity index (χ4n) is 1.99. The topological polar surface area (TPSA) is 54.9 Å². The van der Waals surface area contributed by atoms with Gasteiger partial charge in [0.1, 0.15) is 0 Å². The smallest absolute Gasteiger partial charge is 0.233 e. The van der Waals surface area contributed by atoms with Crippen molar-refractivity contribution in [1.82, 2.24) is 15.5 Å². The lowest BCUT2D eigenvalue weighted by Gasteiger charge is -2.15. The van der Waals surface area contributed by atoms with Crippen LogP contribution in [0.2, 0.25) is 0 Å². The molecule has 134 valence electrons. The van der Waals surface area contributed by atoms with Crippen molar-refractivity contribution < 1.29 is 4.79 Å². The molecule has 0 aliphatic rings. The molecule has 0 spiro atoms. The van der Waals surface area contributed by atoms with E-state index in [4.69, 9.17) is 0 Å². The van der Waals surface area contributed by atoms with Crippen LogP contribution in [-0.2, 0) is 4.79 Å².